The molecule has 0 saturated carbocycles. The molecule has 0 bridgehead atoms. The van der Waals surface area contributed by atoms with Gasteiger partial charge in [0.15, 0.2) is 0 Å². The fourth-order valence-electron chi connectivity index (χ4n) is 2.68. The summed E-state index contributed by atoms with van der Waals surface area (Å²) in [5.41, 5.74) is 3.27. The molecule has 2 nitrogen and oxygen atoms in total. The SMILES string of the molecule is O=C(c1cccc(Cl)c1)N1CCCc2ccccc2C1. The predicted molar refractivity (Wildman–Crippen MR) is 81.0 cm³/mol. The monoisotopic (exact) mass is 285 g/mol. The summed E-state index contributed by atoms with van der Waals surface area (Å²) in [6, 6.07) is 15.5. The van der Waals surface area contributed by atoms with Gasteiger partial charge < -0.3 is 4.90 Å². The van der Waals surface area contributed by atoms with Gasteiger partial charge in [-0.25, -0.2) is 0 Å². The summed E-state index contributed by atoms with van der Waals surface area (Å²) < 4.78 is 0. The van der Waals surface area contributed by atoms with Crippen molar-refractivity contribution in [2.45, 2.75) is 19.4 Å². The molecule has 1 heterocycles. The van der Waals surface area contributed by atoms with Gasteiger partial charge in [0.1, 0.15) is 0 Å². The van der Waals surface area contributed by atoms with Gasteiger partial charge in [-0.15, -0.1) is 0 Å². The third-order valence-electron chi connectivity index (χ3n) is 3.71. The van der Waals surface area contributed by atoms with Crippen LogP contribution in [0, 0.1) is 0 Å². The van der Waals surface area contributed by atoms with E-state index in [4.69, 9.17) is 11.6 Å². The summed E-state index contributed by atoms with van der Waals surface area (Å²) in [6.45, 7) is 1.47. The highest BCUT2D eigenvalue weighted by atomic mass is 35.5. The molecule has 0 N–H and O–H groups in total. The van der Waals surface area contributed by atoms with Gasteiger partial charge >= 0.3 is 0 Å². The fraction of sp³-hybridized carbons (Fsp3) is 0.235. The molecular weight excluding hydrogens is 270 g/mol. The van der Waals surface area contributed by atoms with Crippen LogP contribution in [-0.4, -0.2) is 17.4 Å². The molecule has 0 radical (unpaired) electrons. The molecule has 0 aromatic heterocycles. The van der Waals surface area contributed by atoms with Crippen LogP contribution in [0.3, 0.4) is 0 Å². The topological polar surface area (TPSA) is 20.3 Å². The first kappa shape index (κ1) is 13.2. The molecule has 0 fully saturated rings. The lowest BCUT2D eigenvalue weighted by Crippen LogP contribution is -2.30. The molecule has 102 valence electrons. The predicted octanol–water partition coefficient (Wildman–Crippen LogP) is 3.93. The molecular formula is C17H16ClNO. The van der Waals surface area contributed by atoms with Crippen molar-refractivity contribution in [2.24, 2.45) is 0 Å². The zero-order valence-electron chi connectivity index (χ0n) is 11.2. The highest BCUT2D eigenvalue weighted by Crippen LogP contribution is 2.21. The molecule has 2 aromatic carbocycles. The van der Waals surface area contributed by atoms with Crippen LogP contribution in [0.4, 0.5) is 0 Å². The Morgan fingerprint density at radius 2 is 1.85 bits per heavy atom. The number of aryl methyl sites for hydroxylation is 1. The van der Waals surface area contributed by atoms with Crippen LogP contribution >= 0.6 is 11.6 Å². The van der Waals surface area contributed by atoms with E-state index in [1.54, 1.807) is 12.1 Å². The Hall–Kier alpha value is -1.80. The van der Waals surface area contributed by atoms with Gasteiger partial charge in [-0.3, -0.25) is 4.79 Å². The van der Waals surface area contributed by atoms with E-state index in [9.17, 15) is 4.79 Å². The molecule has 1 aliphatic heterocycles. The number of nitrogens with zero attached hydrogens (tertiary/aromatic N) is 1. The minimum absolute atomic E-state index is 0.0594. The molecule has 1 aliphatic rings. The second kappa shape index (κ2) is 5.68. The second-order valence-electron chi connectivity index (χ2n) is 5.11. The number of amides is 1. The lowest BCUT2D eigenvalue weighted by atomic mass is 10.0. The lowest BCUT2D eigenvalue weighted by Gasteiger charge is -2.21. The average molecular weight is 286 g/mol. The van der Waals surface area contributed by atoms with E-state index >= 15 is 0 Å². The zero-order valence-corrected chi connectivity index (χ0v) is 11.9. The van der Waals surface area contributed by atoms with Crippen molar-refractivity contribution in [1.29, 1.82) is 0 Å². The Morgan fingerprint density at radius 3 is 2.65 bits per heavy atom. The number of benzene rings is 2. The lowest BCUT2D eigenvalue weighted by molar-refractivity contribution is 0.0746. The smallest absolute Gasteiger partial charge is 0.254 e. The summed E-state index contributed by atoms with van der Waals surface area (Å²) >= 11 is 5.97. The van der Waals surface area contributed by atoms with Crippen LogP contribution in [0.25, 0.3) is 0 Å². The Bertz CT molecular complexity index is 638. The van der Waals surface area contributed by atoms with Gasteiger partial charge in [-0.2, -0.15) is 0 Å². The minimum Gasteiger partial charge on any atom is -0.334 e. The van der Waals surface area contributed by atoms with E-state index in [2.05, 4.69) is 18.2 Å². The fourth-order valence-corrected chi connectivity index (χ4v) is 2.87. The molecule has 0 aliphatic carbocycles. The molecule has 0 atom stereocenters. The van der Waals surface area contributed by atoms with Gasteiger partial charge in [-0.1, -0.05) is 41.9 Å². The van der Waals surface area contributed by atoms with E-state index in [-0.39, 0.29) is 5.91 Å². The van der Waals surface area contributed by atoms with E-state index in [1.165, 1.54) is 11.1 Å². The number of carbonyl (C=O) groups is 1. The van der Waals surface area contributed by atoms with Crippen LogP contribution in [0.1, 0.15) is 27.9 Å². The highest BCUT2D eigenvalue weighted by Gasteiger charge is 2.20. The number of hydrogen-bond acceptors (Lipinski definition) is 1. The molecule has 20 heavy (non-hydrogen) atoms. The van der Waals surface area contributed by atoms with Crippen LogP contribution in [0.15, 0.2) is 48.5 Å². The minimum atomic E-state index is 0.0594. The Balaban J connectivity index is 1.86. The van der Waals surface area contributed by atoms with Crippen molar-refractivity contribution in [1.82, 2.24) is 4.90 Å². The Kier molecular flexibility index (Phi) is 3.75. The van der Waals surface area contributed by atoms with E-state index in [0.29, 0.717) is 17.1 Å². The summed E-state index contributed by atoms with van der Waals surface area (Å²) in [7, 11) is 0. The highest BCUT2D eigenvalue weighted by molar-refractivity contribution is 6.30. The van der Waals surface area contributed by atoms with Crippen LogP contribution in [0.2, 0.25) is 5.02 Å². The maximum Gasteiger partial charge on any atom is 0.254 e. The molecule has 2 aromatic rings. The summed E-state index contributed by atoms with van der Waals surface area (Å²) in [5.74, 6) is 0.0594. The van der Waals surface area contributed by atoms with Gasteiger partial charge in [0.25, 0.3) is 5.91 Å². The normalized spacial score (nSPS) is 14.6. The first-order valence-electron chi connectivity index (χ1n) is 6.85. The molecule has 0 spiro atoms. The quantitative estimate of drug-likeness (QED) is 0.777. The zero-order chi connectivity index (χ0) is 13.9. The third kappa shape index (κ3) is 2.70. The maximum atomic E-state index is 12.6. The molecule has 0 unspecified atom stereocenters. The first-order valence-corrected chi connectivity index (χ1v) is 7.23. The number of fused-ring (bicyclic) bond motifs is 1. The molecule has 3 rings (SSSR count). The van der Waals surface area contributed by atoms with Gasteiger partial charge in [-0.05, 0) is 42.2 Å². The summed E-state index contributed by atoms with van der Waals surface area (Å²) in [6.07, 6.45) is 2.04. The van der Waals surface area contributed by atoms with Crippen LogP contribution < -0.4 is 0 Å². The van der Waals surface area contributed by atoms with Gasteiger partial charge in [0, 0.05) is 23.7 Å². The second-order valence-corrected chi connectivity index (χ2v) is 5.55. The average Bonchev–Trinajstić information content (AvgIpc) is 2.68. The largest absolute Gasteiger partial charge is 0.334 e. The van der Waals surface area contributed by atoms with Crippen molar-refractivity contribution >= 4 is 17.5 Å². The first-order chi connectivity index (χ1) is 9.74. The van der Waals surface area contributed by atoms with Gasteiger partial charge in [0.2, 0.25) is 0 Å². The van der Waals surface area contributed by atoms with Crippen molar-refractivity contribution in [2.75, 3.05) is 6.54 Å². The summed E-state index contributed by atoms with van der Waals surface area (Å²) in [5, 5.41) is 0.603. The number of halogens is 1. The van der Waals surface area contributed by atoms with Crippen molar-refractivity contribution in [3.63, 3.8) is 0 Å². The van der Waals surface area contributed by atoms with Crippen molar-refractivity contribution < 1.29 is 4.79 Å². The van der Waals surface area contributed by atoms with Crippen LogP contribution in [0.5, 0.6) is 0 Å². The van der Waals surface area contributed by atoms with Crippen molar-refractivity contribution in [3.05, 3.63) is 70.2 Å². The summed E-state index contributed by atoms with van der Waals surface area (Å²) in [4.78, 5) is 14.5. The molecule has 1 amide bonds. The van der Waals surface area contributed by atoms with E-state index < -0.39 is 0 Å². The number of rotatable bonds is 1. The number of carbonyl (C=O) groups excluding carboxylic acids is 1. The third-order valence-corrected chi connectivity index (χ3v) is 3.95. The van der Waals surface area contributed by atoms with Gasteiger partial charge in [0.05, 0.1) is 0 Å². The maximum absolute atomic E-state index is 12.6. The Labute approximate surface area is 124 Å². The molecule has 0 saturated heterocycles. The standard InChI is InChI=1S/C17H16ClNO/c18-16-9-3-7-14(11-16)17(20)19-10-4-8-13-5-1-2-6-15(13)12-19/h1-3,5-7,9,11H,4,8,10,12H2. The van der Waals surface area contributed by atoms with Crippen LogP contribution in [-0.2, 0) is 13.0 Å². The van der Waals surface area contributed by atoms with E-state index in [0.717, 1.165) is 19.4 Å². The Morgan fingerprint density at radius 1 is 1.05 bits per heavy atom. The van der Waals surface area contributed by atoms with E-state index in [1.807, 2.05) is 23.1 Å². The molecule has 3 heteroatoms. The number of hydrogen-bond donors (Lipinski definition) is 0. The van der Waals surface area contributed by atoms with Crippen molar-refractivity contribution in [3.8, 4) is 0 Å².